The van der Waals surface area contributed by atoms with Gasteiger partial charge in [-0.1, -0.05) is 59.1 Å². The number of thiazole rings is 2. The van der Waals surface area contributed by atoms with Crippen molar-refractivity contribution < 1.29 is 8.83 Å². The Morgan fingerprint density at radius 2 is 1.08 bits per heavy atom. The second kappa shape index (κ2) is 5.27. The molecule has 0 saturated carbocycles. The summed E-state index contributed by atoms with van der Waals surface area (Å²) in [6.45, 7) is 0. The van der Waals surface area contributed by atoms with Crippen molar-refractivity contribution in [1.82, 2.24) is 9.97 Å². The van der Waals surface area contributed by atoms with Gasteiger partial charge in [-0.3, -0.25) is 0 Å². The zero-order valence-corrected chi connectivity index (χ0v) is 14.9. The minimum Gasteiger partial charge on any atom is -0.454 e. The van der Waals surface area contributed by atoms with Gasteiger partial charge in [0, 0.05) is 10.8 Å². The summed E-state index contributed by atoms with van der Waals surface area (Å²) in [6, 6.07) is 20.0. The Balaban J connectivity index is 1.44. The van der Waals surface area contributed by atoms with E-state index >= 15 is 0 Å². The Labute approximate surface area is 155 Å². The highest BCUT2D eigenvalue weighted by Crippen LogP contribution is 2.39. The summed E-state index contributed by atoms with van der Waals surface area (Å²) >= 11 is 3.08. The van der Waals surface area contributed by atoms with Crippen LogP contribution in [0.25, 0.3) is 53.1 Å². The van der Waals surface area contributed by atoms with Gasteiger partial charge in [0.2, 0.25) is 0 Å². The van der Waals surface area contributed by atoms with Gasteiger partial charge in [0.05, 0.1) is 0 Å². The third-order valence-corrected chi connectivity index (χ3v) is 6.31. The summed E-state index contributed by atoms with van der Waals surface area (Å²) in [5.74, 6) is 1.57. The minimum absolute atomic E-state index is 0.784. The average molecular weight is 374 g/mol. The summed E-state index contributed by atoms with van der Waals surface area (Å²) in [7, 11) is 0. The molecule has 0 saturated heterocycles. The summed E-state index contributed by atoms with van der Waals surface area (Å²) in [5.41, 5.74) is 1.74. The lowest BCUT2D eigenvalue weighted by Gasteiger charge is -1.88. The molecule has 0 atom stereocenters. The first kappa shape index (κ1) is 14.2. The molecule has 0 radical (unpaired) electrons. The van der Waals surface area contributed by atoms with E-state index in [1.807, 2.05) is 60.7 Å². The molecule has 0 unspecified atom stereocenters. The normalized spacial score (nSPS) is 11.8. The topological polar surface area (TPSA) is 52.1 Å². The number of rotatable bonds is 2. The van der Waals surface area contributed by atoms with Crippen LogP contribution in [0.2, 0.25) is 0 Å². The van der Waals surface area contributed by atoms with Gasteiger partial charge in [0.15, 0.2) is 31.2 Å². The van der Waals surface area contributed by atoms with Gasteiger partial charge in [-0.05, 0) is 24.3 Å². The molecule has 6 heteroatoms. The molecule has 6 rings (SSSR count). The van der Waals surface area contributed by atoms with Gasteiger partial charge in [0.25, 0.3) is 0 Å². The molecule has 26 heavy (non-hydrogen) atoms. The Kier molecular flexibility index (Phi) is 2.88. The Bertz CT molecular complexity index is 1200. The van der Waals surface area contributed by atoms with Crippen molar-refractivity contribution in [2.24, 2.45) is 0 Å². The van der Waals surface area contributed by atoms with Crippen molar-refractivity contribution in [1.29, 1.82) is 0 Å². The first-order valence-corrected chi connectivity index (χ1v) is 9.72. The number of nitrogens with zero attached hydrogens (tertiary/aromatic N) is 2. The number of furan rings is 2. The van der Waals surface area contributed by atoms with Crippen LogP contribution in [-0.4, -0.2) is 9.97 Å². The fraction of sp³-hybridized carbons (Fsp3) is 0. The molecule has 0 N–H and O–H groups in total. The van der Waals surface area contributed by atoms with E-state index in [4.69, 9.17) is 18.8 Å². The number of fused-ring (bicyclic) bond motifs is 3. The van der Waals surface area contributed by atoms with Crippen molar-refractivity contribution in [2.45, 2.75) is 0 Å². The molecule has 0 amide bonds. The van der Waals surface area contributed by atoms with E-state index < -0.39 is 0 Å². The third-order valence-electron chi connectivity index (χ3n) is 4.25. The van der Waals surface area contributed by atoms with Crippen LogP contribution in [0.4, 0.5) is 0 Å². The highest BCUT2D eigenvalue weighted by Gasteiger charge is 2.17. The minimum atomic E-state index is 0.784. The van der Waals surface area contributed by atoms with Crippen LogP contribution in [0.15, 0.2) is 69.5 Å². The fourth-order valence-corrected chi connectivity index (χ4v) is 4.98. The monoisotopic (exact) mass is 374 g/mol. The molecule has 124 valence electrons. The largest absolute Gasteiger partial charge is 0.454 e. The summed E-state index contributed by atoms with van der Waals surface area (Å²) in [6.07, 6.45) is 0. The van der Waals surface area contributed by atoms with Crippen molar-refractivity contribution in [3.8, 4) is 21.5 Å². The molecule has 4 nitrogen and oxygen atoms in total. The zero-order valence-electron chi connectivity index (χ0n) is 13.3. The Hall–Kier alpha value is -2.96. The van der Waals surface area contributed by atoms with Crippen LogP contribution in [-0.2, 0) is 0 Å². The first-order valence-electron chi connectivity index (χ1n) is 8.09. The smallest absolute Gasteiger partial charge is 0.164 e. The van der Waals surface area contributed by atoms with Crippen LogP contribution < -0.4 is 0 Å². The fourth-order valence-electron chi connectivity index (χ4n) is 3.03. The van der Waals surface area contributed by atoms with Gasteiger partial charge < -0.3 is 8.83 Å². The van der Waals surface area contributed by atoms with E-state index in [0.29, 0.717) is 0 Å². The molecule has 4 aromatic heterocycles. The molecule has 0 spiro atoms. The van der Waals surface area contributed by atoms with Crippen LogP contribution in [0, 0.1) is 0 Å². The van der Waals surface area contributed by atoms with E-state index in [1.165, 1.54) is 0 Å². The molecule has 0 aliphatic carbocycles. The first-order chi connectivity index (χ1) is 12.8. The maximum atomic E-state index is 5.91. The van der Waals surface area contributed by atoms with Gasteiger partial charge in [0.1, 0.15) is 11.2 Å². The Morgan fingerprint density at radius 3 is 1.54 bits per heavy atom. The molecule has 0 aliphatic heterocycles. The maximum absolute atomic E-state index is 5.91. The van der Waals surface area contributed by atoms with E-state index in [2.05, 4.69) is 0 Å². The number of hydrogen-bond acceptors (Lipinski definition) is 6. The number of hydrogen-bond donors (Lipinski definition) is 0. The maximum Gasteiger partial charge on any atom is 0.164 e. The van der Waals surface area contributed by atoms with Crippen LogP contribution in [0.5, 0.6) is 0 Å². The van der Waals surface area contributed by atoms with Crippen LogP contribution >= 0.6 is 22.7 Å². The highest BCUT2D eigenvalue weighted by atomic mass is 32.1. The van der Waals surface area contributed by atoms with Crippen molar-refractivity contribution >= 4 is 54.3 Å². The molecule has 0 fully saturated rings. The molecule has 4 heterocycles. The van der Waals surface area contributed by atoms with Gasteiger partial charge in [-0.2, -0.15) is 0 Å². The Morgan fingerprint density at radius 1 is 0.615 bits per heavy atom. The van der Waals surface area contributed by atoms with Crippen molar-refractivity contribution in [3.05, 3.63) is 60.7 Å². The van der Waals surface area contributed by atoms with Gasteiger partial charge >= 0.3 is 0 Å². The summed E-state index contributed by atoms with van der Waals surface area (Å²) in [5, 5.41) is 3.87. The van der Waals surface area contributed by atoms with Gasteiger partial charge in [-0.25, -0.2) is 9.97 Å². The van der Waals surface area contributed by atoms with Crippen LogP contribution in [0.1, 0.15) is 0 Å². The number of benzene rings is 2. The van der Waals surface area contributed by atoms with E-state index in [1.54, 1.807) is 22.7 Å². The standard InChI is InChI=1S/C20H10N2O2S2/c1-3-7-13-11(5-1)9-15(23-13)17-21-19-20(25-17)22-18(26-19)16-10-12-6-2-4-8-14(12)24-16/h1-10H. The lowest BCUT2D eigenvalue weighted by atomic mass is 10.2. The quantitative estimate of drug-likeness (QED) is 0.343. The lowest BCUT2D eigenvalue weighted by Crippen LogP contribution is -1.69. The predicted molar refractivity (Wildman–Crippen MR) is 106 cm³/mol. The van der Waals surface area contributed by atoms with Gasteiger partial charge in [-0.15, -0.1) is 0 Å². The summed E-state index contributed by atoms with van der Waals surface area (Å²) < 4.78 is 11.8. The van der Waals surface area contributed by atoms with E-state index in [0.717, 1.165) is 53.1 Å². The van der Waals surface area contributed by atoms with E-state index in [-0.39, 0.29) is 0 Å². The highest BCUT2D eigenvalue weighted by molar-refractivity contribution is 7.29. The molecule has 6 aromatic rings. The van der Waals surface area contributed by atoms with E-state index in [9.17, 15) is 0 Å². The zero-order chi connectivity index (χ0) is 17.1. The number of aromatic nitrogens is 2. The molecule has 2 aromatic carbocycles. The predicted octanol–water partition coefficient (Wildman–Crippen LogP) is 6.58. The van der Waals surface area contributed by atoms with Crippen molar-refractivity contribution in [3.63, 3.8) is 0 Å². The summed E-state index contributed by atoms with van der Waals surface area (Å²) in [4.78, 5) is 11.2. The third kappa shape index (κ3) is 2.13. The molecule has 0 bridgehead atoms. The average Bonchev–Trinajstić information content (AvgIpc) is 3.40. The lowest BCUT2D eigenvalue weighted by molar-refractivity contribution is 0.631. The number of para-hydroxylation sites is 2. The van der Waals surface area contributed by atoms with Crippen molar-refractivity contribution in [2.75, 3.05) is 0 Å². The second-order valence-electron chi connectivity index (χ2n) is 5.95. The molecule has 0 aliphatic rings. The van der Waals surface area contributed by atoms with Crippen LogP contribution in [0.3, 0.4) is 0 Å². The molecular weight excluding hydrogens is 364 g/mol. The SMILES string of the molecule is c1ccc2oc(-c3nc4sc(-c5cc6ccccc6o5)nc4s3)cc2c1. The second-order valence-corrected chi connectivity index (χ2v) is 7.90. The molecular formula is C20H10N2O2S2.